The highest BCUT2D eigenvalue weighted by Crippen LogP contribution is 2.67. The van der Waals surface area contributed by atoms with Gasteiger partial charge in [-0.25, -0.2) is 18.7 Å². The van der Waals surface area contributed by atoms with Crippen molar-refractivity contribution >= 4 is 22.6 Å². The van der Waals surface area contributed by atoms with Crippen LogP contribution in [0.3, 0.4) is 0 Å². The van der Waals surface area contributed by atoms with Crippen molar-refractivity contribution in [1.82, 2.24) is 9.97 Å². The molecular formula is C22H19F2N3O. The molecule has 6 heteroatoms. The summed E-state index contributed by atoms with van der Waals surface area (Å²) in [6, 6.07) is 10.8. The Morgan fingerprint density at radius 2 is 1.82 bits per heavy atom. The Balaban J connectivity index is 1.65. The summed E-state index contributed by atoms with van der Waals surface area (Å²) in [7, 11) is 0. The summed E-state index contributed by atoms with van der Waals surface area (Å²) in [5.41, 5.74) is 1.77. The van der Waals surface area contributed by atoms with Gasteiger partial charge in [-0.15, -0.1) is 0 Å². The van der Waals surface area contributed by atoms with Crippen LogP contribution in [-0.2, 0) is 10.2 Å². The van der Waals surface area contributed by atoms with Gasteiger partial charge in [-0.1, -0.05) is 26.0 Å². The predicted octanol–water partition coefficient (Wildman–Crippen LogP) is 4.70. The Hall–Kier alpha value is -2.89. The van der Waals surface area contributed by atoms with E-state index < -0.39 is 22.5 Å². The molecule has 1 heterocycles. The van der Waals surface area contributed by atoms with E-state index in [-0.39, 0.29) is 17.5 Å². The zero-order valence-corrected chi connectivity index (χ0v) is 15.6. The van der Waals surface area contributed by atoms with Gasteiger partial charge in [0.25, 0.3) is 0 Å². The quantitative estimate of drug-likeness (QED) is 0.702. The zero-order chi connectivity index (χ0) is 19.7. The van der Waals surface area contributed by atoms with Crippen molar-refractivity contribution in [2.75, 3.05) is 5.32 Å². The lowest BCUT2D eigenvalue weighted by molar-refractivity contribution is -0.124. The van der Waals surface area contributed by atoms with E-state index in [0.717, 1.165) is 35.3 Å². The molecule has 2 atom stereocenters. The molecule has 5 rings (SSSR count). The van der Waals surface area contributed by atoms with Gasteiger partial charge in [0.05, 0.1) is 33.5 Å². The molecule has 142 valence electrons. The van der Waals surface area contributed by atoms with Gasteiger partial charge in [-0.05, 0) is 42.5 Å². The first-order valence-electron chi connectivity index (χ1n) is 9.38. The van der Waals surface area contributed by atoms with E-state index in [4.69, 9.17) is 9.97 Å². The summed E-state index contributed by atoms with van der Waals surface area (Å²) in [4.78, 5) is 23.2. The van der Waals surface area contributed by atoms with E-state index in [0.29, 0.717) is 12.1 Å². The van der Waals surface area contributed by atoms with E-state index in [1.54, 1.807) is 0 Å². The number of carbonyl (C=O) groups is 1. The molecular weight excluding hydrogens is 360 g/mol. The van der Waals surface area contributed by atoms with Gasteiger partial charge in [-0.3, -0.25) is 4.79 Å². The van der Waals surface area contributed by atoms with Gasteiger partial charge in [0.15, 0.2) is 0 Å². The number of hydrogen-bond acceptors (Lipinski definition) is 3. The van der Waals surface area contributed by atoms with E-state index in [9.17, 15) is 13.6 Å². The van der Waals surface area contributed by atoms with E-state index >= 15 is 0 Å². The topological polar surface area (TPSA) is 54.9 Å². The van der Waals surface area contributed by atoms with Crippen molar-refractivity contribution in [2.45, 2.75) is 38.0 Å². The number of aromatic nitrogens is 2. The lowest BCUT2D eigenvalue weighted by atomic mass is 9.67. The molecule has 1 saturated carbocycles. The molecule has 0 radical (unpaired) electrons. The van der Waals surface area contributed by atoms with Gasteiger partial charge < -0.3 is 5.32 Å². The minimum Gasteiger partial charge on any atom is -0.323 e. The second kappa shape index (κ2) is 5.56. The lowest BCUT2D eigenvalue weighted by Crippen LogP contribution is -2.46. The number of hydrogen-bond donors (Lipinski definition) is 1. The van der Waals surface area contributed by atoms with Gasteiger partial charge in [0.2, 0.25) is 5.91 Å². The molecule has 28 heavy (non-hydrogen) atoms. The third kappa shape index (κ3) is 2.06. The third-order valence-corrected chi connectivity index (χ3v) is 6.68. The Morgan fingerprint density at radius 3 is 2.54 bits per heavy atom. The number of anilines is 1. The maximum absolute atomic E-state index is 14.2. The third-order valence-electron chi connectivity index (χ3n) is 6.68. The van der Waals surface area contributed by atoms with Crippen LogP contribution in [0.1, 0.15) is 44.0 Å². The Kier molecular flexibility index (Phi) is 3.42. The molecule has 1 N–H and O–H groups in total. The van der Waals surface area contributed by atoms with Gasteiger partial charge >= 0.3 is 0 Å². The normalized spacial score (nSPS) is 24.4. The molecule has 2 aliphatic rings. The molecule has 2 aromatic carbocycles. The van der Waals surface area contributed by atoms with E-state index in [2.05, 4.69) is 19.2 Å². The standard InChI is InChI=1S/C22H19F2N3O/c1-21(2)13-9-10-22(21,20(28)27-15-8-7-12(23)11-14(15)24)19-18(13)25-16-5-3-4-6-17(16)26-19/h3-8,11,13H,9-10H2,1-2H3,(H,27,28). The summed E-state index contributed by atoms with van der Waals surface area (Å²) in [6.45, 7) is 4.11. The monoisotopic (exact) mass is 379 g/mol. The van der Waals surface area contributed by atoms with Gasteiger partial charge in [0, 0.05) is 12.0 Å². The number of carbonyl (C=O) groups excluding carboxylic acids is 1. The molecule has 2 bridgehead atoms. The number of para-hydroxylation sites is 2. The summed E-state index contributed by atoms with van der Waals surface area (Å²) in [5, 5.41) is 2.69. The van der Waals surface area contributed by atoms with Crippen molar-refractivity contribution in [3.63, 3.8) is 0 Å². The SMILES string of the molecule is CC1(C)C2CCC1(C(=O)Nc1ccc(F)cc1F)c1nc3ccccc3nc12. The van der Waals surface area contributed by atoms with Crippen LogP contribution >= 0.6 is 0 Å². The maximum atomic E-state index is 14.2. The summed E-state index contributed by atoms with van der Waals surface area (Å²) in [5.74, 6) is -1.67. The fourth-order valence-corrected chi connectivity index (χ4v) is 5.15. The molecule has 2 aliphatic carbocycles. The highest BCUT2D eigenvalue weighted by atomic mass is 19.1. The van der Waals surface area contributed by atoms with Crippen LogP contribution < -0.4 is 5.32 Å². The molecule has 4 nitrogen and oxygen atoms in total. The van der Waals surface area contributed by atoms with Crippen molar-refractivity contribution in [2.24, 2.45) is 5.41 Å². The van der Waals surface area contributed by atoms with Crippen LogP contribution in [0.5, 0.6) is 0 Å². The smallest absolute Gasteiger partial charge is 0.237 e. The van der Waals surface area contributed by atoms with Crippen LogP contribution in [0.25, 0.3) is 11.0 Å². The maximum Gasteiger partial charge on any atom is 0.237 e. The first kappa shape index (κ1) is 17.2. The molecule has 1 amide bonds. The Labute approximate surface area is 161 Å². The average molecular weight is 379 g/mol. The van der Waals surface area contributed by atoms with E-state index in [1.807, 2.05) is 24.3 Å². The van der Waals surface area contributed by atoms with Crippen LogP contribution in [0.15, 0.2) is 42.5 Å². The molecule has 0 spiro atoms. The number of nitrogens with one attached hydrogen (secondary N) is 1. The first-order chi connectivity index (χ1) is 13.3. The second-order valence-corrected chi connectivity index (χ2v) is 8.24. The van der Waals surface area contributed by atoms with Crippen LogP contribution in [0.4, 0.5) is 14.5 Å². The summed E-state index contributed by atoms with van der Waals surface area (Å²) < 4.78 is 27.4. The molecule has 1 fully saturated rings. The van der Waals surface area contributed by atoms with E-state index in [1.165, 1.54) is 6.07 Å². The van der Waals surface area contributed by atoms with Crippen molar-refractivity contribution in [3.05, 3.63) is 65.5 Å². The summed E-state index contributed by atoms with van der Waals surface area (Å²) in [6.07, 6.45) is 1.45. The fourth-order valence-electron chi connectivity index (χ4n) is 5.15. The molecule has 2 unspecified atom stereocenters. The first-order valence-corrected chi connectivity index (χ1v) is 9.38. The Morgan fingerprint density at radius 1 is 1.11 bits per heavy atom. The number of nitrogens with zero attached hydrogens (tertiary/aromatic N) is 2. The van der Waals surface area contributed by atoms with Crippen molar-refractivity contribution < 1.29 is 13.6 Å². The highest BCUT2D eigenvalue weighted by molar-refractivity contribution is 6.01. The average Bonchev–Trinajstić information content (AvgIpc) is 3.04. The Bertz CT molecular complexity index is 1140. The van der Waals surface area contributed by atoms with Crippen molar-refractivity contribution in [1.29, 1.82) is 0 Å². The lowest BCUT2D eigenvalue weighted by Gasteiger charge is -2.36. The number of amides is 1. The minimum absolute atomic E-state index is 0.0257. The molecule has 3 aromatic rings. The minimum atomic E-state index is -0.898. The molecule has 0 aliphatic heterocycles. The van der Waals surface area contributed by atoms with Crippen molar-refractivity contribution in [3.8, 4) is 0 Å². The number of benzene rings is 2. The van der Waals surface area contributed by atoms with Crippen LogP contribution in [0, 0.1) is 17.0 Å². The largest absolute Gasteiger partial charge is 0.323 e. The van der Waals surface area contributed by atoms with Gasteiger partial charge in [-0.2, -0.15) is 0 Å². The van der Waals surface area contributed by atoms with Crippen LogP contribution in [-0.4, -0.2) is 15.9 Å². The zero-order valence-electron chi connectivity index (χ0n) is 15.6. The summed E-state index contributed by atoms with van der Waals surface area (Å²) >= 11 is 0. The van der Waals surface area contributed by atoms with Crippen LogP contribution in [0.2, 0.25) is 0 Å². The molecule has 1 aromatic heterocycles. The number of rotatable bonds is 2. The van der Waals surface area contributed by atoms with Gasteiger partial charge in [0.1, 0.15) is 11.6 Å². The number of fused-ring (bicyclic) bond motifs is 6. The highest BCUT2D eigenvalue weighted by Gasteiger charge is 2.67. The predicted molar refractivity (Wildman–Crippen MR) is 102 cm³/mol. The molecule has 0 saturated heterocycles. The number of halogens is 2. The second-order valence-electron chi connectivity index (χ2n) is 8.24. The fraction of sp³-hybridized carbons (Fsp3) is 0.318.